The SMILES string of the molecule is Cc1cc2c(cc1Nc1ncc(C(F)(F)F)c(-c3cc4c(s3)C(=O)N(C)CCS4(=O)=O)n1)CN(C)C2. The second kappa shape index (κ2) is 8.53. The molecule has 36 heavy (non-hydrogen) atoms. The lowest BCUT2D eigenvalue weighted by molar-refractivity contribution is -0.137. The van der Waals surface area contributed by atoms with Gasteiger partial charge in [0.15, 0.2) is 9.84 Å². The van der Waals surface area contributed by atoms with E-state index in [0.29, 0.717) is 23.2 Å². The Labute approximate surface area is 209 Å². The molecule has 0 fully saturated rings. The number of aromatic nitrogens is 2. The highest BCUT2D eigenvalue weighted by Gasteiger charge is 2.38. The molecule has 0 atom stereocenters. The van der Waals surface area contributed by atoms with Crippen LogP contribution in [0.4, 0.5) is 24.8 Å². The van der Waals surface area contributed by atoms with E-state index in [1.807, 2.05) is 26.1 Å². The summed E-state index contributed by atoms with van der Waals surface area (Å²) in [6.07, 6.45) is -4.11. The van der Waals surface area contributed by atoms with Crippen molar-refractivity contribution in [2.45, 2.75) is 31.1 Å². The van der Waals surface area contributed by atoms with Gasteiger partial charge in [-0.2, -0.15) is 13.2 Å². The summed E-state index contributed by atoms with van der Waals surface area (Å²) in [5.74, 6) is -0.933. The largest absolute Gasteiger partial charge is 0.420 e. The van der Waals surface area contributed by atoms with Crippen molar-refractivity contribution >= 4 is 38.7 Å². The number of halogens is 3. The van der Waals surface area contributed by atoms with E-state index < -0.39 is 33.2 Å². The van der Waals surface area contributed by atoms with Gasteiger partial charge in [-0.25, -0.2) is 18.4 Å². The molecule has 0 bridgehead atoms. The van der Waals surface area contributed by atoms with Crippen LogP contribution in [0.5, 0.6) is 0 Å². The molecule has 0 spiro atoms. The van der Waals surface area contributed by atoms with Crippen LogP contribution in [0, 0.1) is 6.92 Å². The second-order valence-electron chi connectivity index (χ2n) is 9.04. The number of hydrogen-bond acceptors (Lipinski definition) is 8. The number of hydrogen-bond donors (Lipinski definition) is 1. The van der Waals surface area contributed by atoms with Crippen molar-refractivity contribution in [1.29, 1.82) is 0 Å². The molecule has 0 saturated heterocycles. The summed E-state index contributed by atoms with van der Waals surface area (Å²) in [7, 11) is -0.397. The molecule has 1 N–H and O–H groups in total. The van der Waals surface area contributed by atoms with Crippen LogP contribution in [-0.2, 0) is 29.1 Å². The molecule has 0 unspecified atom stereocenters. The number of anilines is 2. The van der Waals surface area contributed by atoms with E-state index in [2.05, 4.69) is 20.2 Å². The molecule has 0 aliphatic carbocycles. The van der Waals surface area contributed by atoms with E-state index in [-0.39, 0.29) is 32.9 Å². The summed E-state index contributed by atoms with van der Waals surface area (Å²) in [6.45, 7) is 3.46. The lowest BCUT2D eigenvalue weighted by atomic mass is 10.1. The van der Waals surface area contributed by atoms with Crippen LogP contribution < -0.4 is 5.32 Å². The molecule has 1 amide bonds. The predicted molar refractivity (Wildman–Crippen MR) is 129 cm³/mol. The number of amides is 1. The van der Waals surface area contributed by atoms with Gasteiger partial charge >= 0.3 is 6.18 Å². The minimum atomic E-state index is -4.79. The first-order valence-corrected chi connectivity index (χ1v) is 13.4. The van der Waals surface area contributed by atoms with Gasteiger partial charge in [0.1, 0.15) is 10.4 Å². The molecule has 13 heteroatoms. The van der Waals surface area contributed by atoms with Gasteiger partial charge in [0, 0.05) is 38.6 Å². The van der Waals surface area contributed by atoms with Gasteiger partial charge in [-0.3, -0.25) is 9.69 Å². The van der Waals surface area contributed by atoms with Crippen molar-refractivity contribution in [3.05, 3.63) is 51.5 Å². The summed E-state index contributed by atoms with van der Waals surface area (Å²) < 4.78 is 67.1. The van der Waals surface area contributed by atoms with Crippen molar-refractivity contribution in [3.63, 3.8) is 0 Å². The van der Waals surface area contributed by atoms with Crippen molar-refractivity contribution < 1.29 is 26.4 Å². The Morgan fingerprint density at radius 3 is 2.50 bits per heavy atom. The Kier molecular flexibility index (Phi) is 5.84. The first-order chi connectivity index (χ1) is 16.8. The minimum absolute atomic E-state index is 0.00317. The average molecular weight is 538 g/mol. The molecule has 2 aromatic heterocycles. The molecule has 2 aliphatic rings. The molecule has 0 saturated carbocycles. The number of nitrogens with zero attached hydrogens (tertiary/aromatic N) is 4. The lowest BCUT2D eigenvalue weighted by Gasteiger charge is -2.15. The zero-order valence-electron chi connectivity index (χ0n) is 19.6. The van der Waals surface area contributed by atoms with E-state index in [9.17, 15) is 26.4 Å². The number of aryl methyl sites for hydroxylation is 1. The zero-order chi connectivity index (χ0) is 26.0. The maximum atomic E-state index is 13.9. The molecule has 2 aliphatic heterocycles. The Morgan fingerprint density at radius 1 is 1.11 bits per heavy atom. The van der Waals surface area contributed by atoms with Crippen LogP contribution in [0.25, 0.3) is 10.6 Å². The van der Waals surface area contributed by atoms with E-state index in [0.717, 1.165) is 30.3 Å². The second-order valence-corrected chi connectivity index (χ2v) is 12.2. The summed E-state index contributed by atoms with van der Waals surface area (Å²) in [5, 5.41) is 3.01. The van der Waals surface area contributed by atoms with Gasteiger partial charge in [0.05, 0.1) is 21.2 Å². The standard InChI is InChI=1S/C23H22F3N5O3S2/c1-12-6-13-10-30(2)11-14(13)7-16(12)28-22-27-9-15(23(24,25)26)19(29-22)17-8-18-20(35-17)21(32)31(3)4-5-36(18,33)34/h6-9H,4-5,10-11H2,1-3H3,(H,27,28,29). The maximum Gasteiger partial charge on any atom is 0.420 e. The first kappa shape index (κ1) is 24.7. The van der Waals surface area contributed by atoms with Crippen LogP contribution in [0.2, 0.25) is 0 Å². The number of rotatable bonds is 3. The summed E-state index contributed by atoms with van der Waals surface area (Å²) >= 11 is 0.687. The number of benzene rings is 1. The van der Waals surface area contributed by atoms with Crippen LogP contribution in [0.1, 0.15) is 31.9 Å². The number of alkyl halides is 3. The lowest BCUT2D eigenvalue weighted by Crippen LogP contribution is -2.27. The minimum Gasteiger partial charge on any atom is -0.340 e. The van der Waals surface area contributed by atoms with Gasteiger partial charge in [0.25, 0.3) is 5.91 Å². The number of fused-ring (bicyclic) bond motifs is 2. The van der Waals surface area contributed by atoms with E-state index in [1.54, 1.807) is 0 Å². The number of sulfone groups is 1. The van der Waals surface area contributed by atoms with Crippen LogP contribution in [0.3, 0.4) is 0 Å². The summed E-state index contributed by atoms with van der Waals surface area (Å²) in [6, 6.07) is 5.07. The Morgan fingerprint density at radius 2 is 1.81 bits per heavy atom. The third kappa shape index (κ3) is 4.35. The van der Waals surface area contributed by atoms with Crippen molar-refractivity contribution in [2.75, 3.05) is 31.7 Å². The highest BCUT2D eigenvalue weighted by molar-refractivity contribution is 7.91. The van der Waals surface area contributed by atoms with Gasteiger partial charge in [-0.1, -0.05) is 6.07 Å². The highest BCUT2D eigenvalue weighted by Crippen LogP contribution is 2.42. The molecule has 8 nitrogen and oxygen atoms in total. The first-order valence-electron chi connectivity index (χ1n) is 11.0. The fourth-order valence-electron chi connectivity index (χ4n) is 4.35. The maximum absolute atomic E-state index is 13.9. The Hall–Kier alpha value is -3.03. The molecular formula is C23H22F3N5O3S2. The monoisotopic (exact) mass is 537 g/mol. The average Bonchev–Trinajstić information content (AvgIpc) is 3.38. The normalized spacial score (nSPS) is 17.6. The van der Waals surface area contributed by atoms with E-state index >= 15 is 0 Å². The molecule has 190 valence electrons. The molecule has 1 aromatic carbocycles. The van der Waals surface area contributed by atoms with Gasteiger partial charge in [-0.15, -0.1) is 11.3 Å². The Balaban J connectivity index is 1.60. The summed E-state index contributed by atoms with van der Waals surface area (Å²) in [4.78, 5) is 23.7. The topological polar surface area (TPSA) is 95.5 Å². The number of nitrogens with one attached hydrogen (secondary N) is 1. The van der Waals surface area contributed by atoms with Crippen molar-refractivity contribution in [1.82, 2.24) is 19.8 Å². The molecule has 5 rings (SSSR count). The smallest absolute Gasteiger partial charge is 0.340 e. The molecule has 4 heterocycles. The van der Waals surface area contributed by atoms with Crippen molar-refractivity contribution in [2.24, 2.45) is 0 Å². The van der Waals surface area contributed by atoms with Gasteiger partial charge in [0.2, 0.25) is 5.95 Å². The molecular weight excluding hydrogens is 515 g/mol. The van der Waals surface area contributed by atoms with Crippen LogP contribution in [0.15, 0.2) is 29.3 Å². The van der Waals surface area contributed by atoms with Crippen molar-refractivity contribution in [3.8, 4) is 10.6 Å². The fourth-order valence-corrected chi connectivity index (χ4v) is 7.38. The number of thiophene rings is 1. The third-order valence-electron chi connectivity index (χ3n) is 6.27. The number of carbonyl (C=O) groups is 1. The zero-order valence-corrected chi connectivity index (χ0v) is 21.2. The Bertz CT molecular complexity index is 1500. The predicted octanol–water partition coefficient (Wildman–Crippen LogP) is 4.08. The summed E-state index contributed by atoms with van der Waals surface area (Å²) in [5.41, 5.74) is 2.24. The van der Waals surface area contributed by atoms with Gasteiger partial charge < -0.3 is 10.2 Å². The van der Waals surface area contributed by atoms with Gasteiger partial charge in [-0.05, 0) is 42.8 Å². The fraction of sp³-hybridized carbons (Fsp3) is 0.348. The highest BCUT2D eigenvalue weighted by atomic mass is 32.2. The quantitative estimate of drug-likeness (QED) is 0.538. The molecule has 3 aromatic rings. The van der Waals surface area contributed by atoms with Crippen LogP contribution in [-0.4, -0.2) is 60.5 Å². The van der Waals surface area contributed by atoms with Crippen LogP contribution >= 0.6 is 11.3 Å². The van der Waals surface area contributed by atoms with E-state index in [4.69, 9.17) is 0 Å². The van der Waals surface area contributed by atoms with E-state index in [1.165, 1.54) is 17.5 Å². The number of carbonyl (C=O) groups excluding carboxylic acids is 1. The molecule has 0 radical (unpaired) electrons. The third-order valence-corrected chi connectivity index (χ3v) is 9.24.